The summed E-state index contributed by atoms with van der Waals surface area (Å²) in [6.07, 6.45) is 7.94. The highest BCUT2D eigenvalue weighted by molar-refractivity contribution is 7.90. The Morgan fingerprint density at radius 3 is 2.74 bits per heavy atom. The molecule has 0 aliphatic heterocycles. The van der Waals surface area contributed by atoms with Crippen LogP contribution in [0.1, 0.15) is 24.0 Å². The first-order valence-corrected chi connectivity index (χ1v) is 6.60. The number of allylic oxidation sites excluding steroid dienone is 4. The third-order valence-corrected chi connectivity index (χ3v) is 3.45. The highest BCUT2D eigenvalue weighted by atomic mass is 32.1. The lowest BCUT2D eigenvalue weighted by atomic mass is 9.97. The molecule has 1 aliphatic carbocycles. The number of benzene rings is 1. The minimum Gasteiger partial charge on any atom is -0.500 e. The van der Waals surface area contributed by atoms with Crippen LogP contribution < -0.4 is 0 Å². The van der Waals surface area contributed by atoms with Gasteiger partial charge in [0.2, 0.25) is 0 Å². The molecular formula is C16H17NOS. The first-order valence-electron chi connectivity index (χ1n) is 6.15. The Labute approximate surface area is 119 Å². The molecule has 0 spiro atoms. The fourth-order valence-electron chi connectivity index (χ4n) is 2.09. The van der Waals surface area contributed by atoms with E-state index >= 15 is 0 Å². The number of rotatable bonds is 4. The Bertz CT molecular complexity index is 553. The number of thiol groups is 1. The lowest BCUT2D eigenvalue weighted by Crippen LogP contribution is -1.97. The van der Waals surface area contributed by atoms with Gasteiger partial charge in [0.15, 0.2) is 0 Å². The summed E-state index contributed by atoms with van der Waals surface area (Å²) in [5.41, 5.74) is 3.34. The van der Waals surface area contributed by atoms with Crippen LogP contribution in [0.3, 0.4) is 0 Å². The number of hydrogen-bond donors (Lipinski definition) is 1. The van der Waals surface area contributed by atoms with Gasteiger partial charge in [0.05, 0.1) is 7.11 Å². The summed E-state index contributed by atoms with van der Waals surface area (Å²) in [7, 11) is 1.73. The van der Waals surface area contributed by atoms with Crippen LogP contribution in [0, 0.1) is 0 Å². The average molecular weight is 271 g/mol. The highest BCUT2D eigenvalue weighted by Gasteiger charge is 2.10. The van der Waals surface area contributed by atoms with E-state index in [1.54, 1.807) is 13.3 Å². The Balaban J connectivity index is 2.33. The van der Waals surface area contributed by atoms with Gasteiger partial charge in [0, 0.05) is 23.1 Å². The van der Waals surface area contributed by atoms with Crippen LogP contribution in [0.25, 0.3) is 10.5 Å². The zero-order valence-corrected chi connectivity index (χ0v) is 11.9. The Kier molecular flexibility index (Phi) is 4.63. The average Bonchev–Trinajstić information content (AvgIpc) is 2.47. The van der Waals surface area contributed by atoms with Gasteiger partial charge < -0.3 is 4.74 Å². The minimum atomic E-state index is 0.807. The van der Waals surface area contributed by atoms with Gasteiger partial charge >= 0.3 is 0 Å². The van der Waals surface area contributed by atoms with Gasteiger partial charge in [-0.2, -0.15) is 0 Å². The quantitative estimate of drug-likeness (QED) is 0.639. The molecular weight excluding hydrogens is 254 g/mol. The van der Waals surface area contributed by atoms with Crippen LogP contribution in [-0.2, 0) is 4.74 Å². The molecule has 0 bridgehead atoms. The van der Waals surface area contributed by atoms with Crippen molar-refractivity contribution in [3.8, 4) is 0 Å². The van der Waals surface area contributed by atoms with Crippen LogP contribution in [0.5, 0.6) is 0 Å². The summed E-state index contributed by atoms with van der Waals surface area (Å²) in [5.74, 6) is 1.05. The third-order valence-electron chi connectivity index (χ3n) is 3.07. The Hall–Kier alpha value is -1.74. The molecule has 3 heteroatoms. The number of aliphatic imine (C=N–C) groups is 1. The predicted molar refractivity (Wildman–Crippen MR) is 85.3 cm³/mol. The van der Waals surface area contributed by atoms with E-state index in [0.29, 0.717) is 0 Å². The second kappa shape index (κ2) is 6.43. The molecule has 0 saturated carbocycles. The molecule has 2 rings (SSSR count). The van der Waals surface area contributed by atoms with Gasteiger partial charge in [-0.15, -0.1) is 12.6 Å². The standard InChI is InChI=1S/C16H17NOS/c1-17-11-16(19)13-9-7-12(8-10-13)14-5-3-4-6-15(14)18-2/h3,5,7-11,19H,1,4,6H2,2H3/b16-11-. The third kappa shape index (κ3) is 3.18. The molecule has 0 N–H and O–H groups in total. The van der Waals surface area contributed by atoms with E-state index < -0.39 is 0 Å². The lowest BCUT2D eigenvalue weighted by molar-refractivity contribution is 0.279. The normalized spacial score (nSPS) is 15.6. The summed E-state index contributed by atoms with van der Waals surface area (Å²) in [6.45, 7) is 3.43. The molecule has 19 heavy (non-hydrogen) atoms. The van der Waals surface area contributed by atoms with Crippen molar-refractivity contribution in [1.82, 2.24) is 0 Å². The maximum atomic E-state index is 5.45. The Morgan fingerprint density at radius 1 is 1.37 bits per heavy atom. The molecule has 0 amide bonds. The van der Waals surface area contributed by atoms with Crippen molar-refractivity contribution < 1.29 is 4.74 Å². The van der Waals surface area contributed by atoms with Gasteiger partial charge in [-0.3, -0.25) is 4.99 Å². The highest BCUT2D eigenvalue weighted by Crippen LogP contribution is 2.29. The Morgan fingerprint density at radius 2 is 2.11 bits per heavy atom. The SMILES string of the molecule is C=N/C=C(\S)c1ccc(C2=C(OC)CCC=C2)cc1. The van der Waals surface area contributed by atoms with Crippen molar-refractivity contribution in [1.29, 1.82) is 0 Å². The smallest absolute Gasteiger partial charge is 0.104 e. The summed E-state index contributed by atoms with van der Waals surface area (Å²) < 4.78 is 5.45. The van der Waals surface area contributed by atoms with Crippen molar-refractivity contribution in [3.63, 3.8) is 0 Å². The first-order chi connectivity index (χ1) is 9.26. The van der Waals surface area contributed by atoms with E-state index in [4.69, 9.17) is 4.74 Å². The summed E-state index contributed by atoms with van der Waals surface area (Å²) in [6, 6.07) is 8.21. The van der Waals surface area contributed by atoms with Crippen LogP contribution in [-0.4, -0.2) is 13.8 Å². The van der Waals surface area contributed by atoms with Crippen LogP contribution in [0.15, 0.2) is 53.4 Å². The van der Waals surface area contributed by atoms with E-state index in [1.165, 1.54) is 0 Å². The minimum absolute atomic E-state index is 0.807. The number of ether oxygens (including phenoxy) is 1. The van der Waals surface area contributed by atoms with E-state index in [-0.39, 0.29) is 0 Å². The van der Waals surface area contributed by atoms with Gasteiger partial charge in [-0.1, -0.05) is 36.4 Å². The molecule has 0 radical (unpaired) electrons. The van der Waals surface area contributed by atoms with E-state index in [0.717, 1.165) is 40.2 Å². The summed E-state index contributed by atoms with van der Waals surface area (Å²) in [4.78, 5) is 4.53. The fraction of sp³-hybridized carbons (Fsp3) is 0.188. The summed E-state index contributed by atoms with van der Waals surface area (Å²) in [5, 5.41) is 0. The molecule has 0 heterocycles. The molecule has 0 atom stereocenters. The zero-order chi connectivity index (χ0) is 13.7. The van der Waals surface area contributed by atoms with Crippen molar-refractivity contribution >= 4 is 29.8 Å². The molecule has 1 aromatic rings. The predicted octanol–water partition coefficient (Wildman–Crippen LogP) is 4.32. The van der Waals surface area contributed by atoms with Crippen LogP contribution in [0.4, 0.5) is 0 Å². The second-order valence-electron chi connectivity index (χ2n) is 4.26. The monoisotopic (exact) mass is 271 g/mol. The molecule has 98 valence electrons. The fourth-order valence-corrected chi connectivity index (χ4v) is 2.32. The zero-order valence-electron chi connectivity index (χ0n) is 11.0. The maximum absolute atomic E-state index is 5.45. The van der Waals surface area contributed by atoms with Crippen molar-refractivity contribution in [2.24, 2.45) is 4.99 Å². The number of hydrogen-bond acceptors (Lipinski definition) is 3. The van der Waals surface area contributed by atoms with E-state index in [2.05, 4.69) is 48.6 Å². The maximum Gasteiger partial charge on any atom is 0.104 e. The topological polar surface area (TPSA) is 21.6 Å². The largest absolute Gasteiger partial charge is 0.500 e. The van der Waals surface area contributed by atoms with Crippen molar-refractivity contribution in [2.45, 2.75) is 12.8 Å². The number of nitrogens with zero attached hydrogens (tertiary/aromatic N) is 1. The molecule has 0 saturated heterocycles. The van der Waals surface area contributed by atoms with Crippen LogP contribution in [0.2, 0.25) is 0 Å². The molecule has 0 fully saturated rings. The lowest BCUT2D eigenvalue weighted by Gasteiger charge is -2.15. The number of methoxy groups -OCH3 is 1. The van der Waals surface area contributed by atoms with Crippen molar-refractivity contribution in [3.05, 3.63) is 59.5 Å². The molecule has 0 unspecified atom stereocenters. The molecule has 1 aromatic carbocycles. The van der Waals surface area contributed by atoms with Gasteiger partial charge in [0.1, 0.15) is 5.76 Å². The van der Waals surface area contributed by atoms with Gasteiger partial charge in [0.25, 0.3) is 0 Å². The first kappa shape index (κ1) is 13.7. The van der Waals surface area contributed by atoms with E-state index in [1.807, 2.05) is 12.1 Å². The van der Waals surface area contributed by atoms with Gasteiger partial charge in [-0.25, -0.2) is 0 Å². The molecule has 0 aromatic heterocycles. The van der Waals surface area contributed by atoms with Crippen LogP contribution >= 0.6 is 12.6 Å². The molecule has 1 aliphatic rings. The van der Waals surface area contributed by atoms with Crippen molar-refractivity contribution in [2.75, 3.05) is 7.11 Å². The molecule has 2 nitrogen and oxygen atoms in total. The van der Waals surface area contributed by atoms with E-state index in [9.17, 15) is 0 Å². The second-order valence-corrected chi connectivity index (χ2v) is 4.74. The summed E-state index contributed by atoms with van der Waals surface area (Å²) >= 11 is 4.37. The van der Waals surface area contributed by atoms with Gasteiger partial charge in [-0.05, 0) is 24.3 Å².